The molecule has 0 amide bonds. The van der Waals surface area contributed by atoms with E-state index in [4.69, 9.17) is 15.0 Å². The van der Waals surface area contributed by atoms with Gasteiger partial charge in [-0.3, -0.25) is 4.57 Å². The van der Waals surface area contributed by atoms with Crippen molar-refractivity contribution in [2.45, 2.75) is 19.3 Å². The zero-order valence-electron chi connectivity index (χ0n) is 39.3. The van der Waals surface area contributed by atoms with Gasteiger partial charge < -0.3 is 4.57 Å². The fraction of sp³-hybridized carbons (Fsp3) is 0.0455. The predicted octanol–water partition coefficient (Wildman–Crippen LogP) is 16.7. The monoisotopic (exact) mass is 907 g/mol. The van der Waals surface area contributed by atoms with E-state index in [0.29, 0.717) is 17.6 Å². The summed E-state index contributed by atoms with van der Waals surface area (Å²) in [5, 5.41) is 4.61. The van der Waals surface area contributed by atoms with Gasteiger partial charge in [0.1, 0.15) is 0 Å². The average Bonchev–Trinajstić information content (AvgIpc) is 3.96. The molecule has 0 unspecified atom stereocenters. The highest BCUT2D eigenvalue weighted by atomic mass is 15.2. The Balaban J connectivity index is 1.04. The molecule has 3 aromatic heterocycles. The summed E-state index contributed by atoms with van der Waals surface area (Å²) in [6, 6.07) is 85.0. The van der Waals surface area contributed by atoms with Crippen molar-refractivity contribution in [3.8, 4) is 78.9 Å². The van der Waals surface area contributed by atoms with Crippen molar-refractivity contribution < 1.29 is 0 Å². The Labute approximate surface area is 411 Å². The molecule has 0 radical (unpaired) electrons. The van der Waals surface area contributed by atoms with E-state index in [0.717, 1.165) is 49.4 Å². The van der Waals surface area contributed by atoms with Crippen LogP contribution in [-0.4, -0.2) is 24.1 Å². The van der Waals surface area contributed by atoms with Crippen LogP contribution in [0.2, 0.25) is 0 Å². The summed E-state index contributed by atoms with van der Waals surface area (Å²) >= 11 is 0. The first kappa shape index (κ1) is 40.8. The van der Waals surface area contributed by atoms with Crippen molar-refractivity contribution in [2.24, 2.45) is 0 Å². The Morgan fingerprint density at radius 3 is 1.14 bits per heavy atom. The molecule has 5 heteroatoms. The maximum absolute atomic E-state index is 5.57. The minimum Gasteiger partial charge on any atom is -0.309 e. The Kier molecular flexibility index (Phi) is 9.17. The lowest BCUT2D eigenvalue weighted by Crippen LogP contribution is -2.26. The van der Waals surface area contributed by atoms with Crippen LogP contribution < -0.4 is 0 Å². The molecule has 4 heterocycles. The third-order valence-electron chi connectivity index (χ3n) is 14.8. The van der Waals surface area contributed by atoms with E-state index in [9.17, 15) is 0 Å². The van der Waals surface area contributed by atoms with Gasteiger partial charge in [0, 0.05) is 38.1 Å². The van der Waals surface area contributed by atoms with E-state index < -0.39 is 0 Å². The van der Waals surface area contributed by atoms with E-state index in [2.05, 4.69) is 241 Å². The van der Waals surface area contributed by atoms with Crippen LogP contribution in [0, 0.1) is 0 Å². The van der Waals surface area contributed by atoms with Crippen LogP contribution >= 0.6 is 0 Å². The summed E-state index contributed by atoms with van der Waals surface area (Å²) in [5.41, 5.74) is 19.0. The van der Waals surface area contributed by atoms with Gasteiger partial charge in [-0.1, -0.05) is 190 Å². The zero-order chi connectivity index (χ0) is 47.2. The highest BCUT2D eigenvalue weighted by Crippen LogP contribution is 2.50. The molecule has 13 aromatic rings. The van der Waals surface area contributed by atoms with Gasteiger partial charge in [-0.2, -0.15) is 9.97 Å². The van der Waals surface area contributed by atoms with Crippen molar-refractivity contribution in [1.82, 2.24) is 24.1 Å². The second-order valence-corrected chi connectivity index (χ2v) is 19.3. The molecule has 14 rings (SSSR count). The number of nitrogens with zero attached hydrogens (tertiary/aromatic N) is 5. The lowest BCUT2D eigenvalue weighted by atomic mass is 9.73. The number of benzene rings is 10. The van der Waals surface area contributed by atoms with Crippen LogP contribution in [-0.2, 0) is 5.41 Å². The summed E-state index contributed by atoms with van der Waals surface area (Å²) in [6.45, 7) is 4.74. The molecule has 10 aromatic carbocycles. The first-order chi connectivity index (χ1) is 34.9. The fourth-order valence-electron chi connectivity index (χ4n) is 11.2. The molecule has 1 aliphatic rings. The largest absolute Gasteiger partial charge is 0.309 e. The van der Waals surface area contributed by atoms with E-state index in [1.807, 2.05) is 18.2 Å². The topological polar surface area (TPSA) is 48.5 Å². The Morgan fingerprint density at radius 2 is 0.662 bits per heavy atom. The van der Waals surface area contributed by atoms with Crippen molar-refractivity contribution >= 4 is 43.6 Å². The van der Waals surface area contributed by atoms with Crippen LogP contribution in [0.15, 0.2) is 237 Å². The number of hydrogen-bond acceptors (Lipinski definition) is 3. The minimum absolute atomic E-state index is 0.390. The Bertz CT molecular complexity index is 4120. The smallest absolute Gasteiger partial charge is 0.238 e. The molecule has 5 nitrogen and oxygen atoms in total. The molecule has 0 atom stereocenters. The first-order valence-corrected chi connectivity index (χ1v) is 24.3. The zero-order valence-corrected chi connectivity index (χ0v) is 39.3. The van der Waals surface area contributed by atoms with Crippen LogP contribution in [0.4, 0.5) is 0 Å². The molecule has 0 N–H and O–H groups in total. The van der Waals surface area contributed by atoms with Crippen LogP contribution in [0.5, 0.6) is 0 Å². The fourth-order valence-corrected chi connectivity index (χ4v) is 11.2. The SMILES string of the molecule is CC1(C)c2cc(-c3ccccc3)ccc2-n2c3ccc(-c4ccccc4)cc3c3cc(-c4nc(-c5ccccc5)nc(-n5c6ccc(-c7ccccc7)cc6c6cc(-c7ccccc7)ccc65)n4)cc1c32. The summed E-state index contributed by atoms with van der Waals surface area (Å²) in [7, 11) is 0. The van der Waals surface area contributed by atoms with Crippen LogP contribution in [0.3, 0.4) is 0 Å². The predicted molar refractivity (Wildman–Crippen MR) is 293 cm³/mol. The van der Waals surface area contributed by atoms with Gasteiger partial charge in [0.05, 0.1) is 27.8 Å². The number of hydrogen-bond donors (Lipinski definition) is 0. The summed E-state index contributed by atoms with van der Waals surface area (Å²) in [6.07, 6.45) is 0. The van der Waals surface area contributed by atoms with Crippen LogP contribution in [0.1, 0.15) is 25.0 Å². The molecular weight excluding hydrogens is 863 g/mol. The van der Waals surface area contributed by atoms with Gasteiger partial charge in [0.25, 0.3) is 0 Å². The second kappa shape index (κ2) is 15.9. The maximum atomic E-state index is 5.57. The van der Waals surface area contributed by atoms with Gasteiger partial charge in [0.2, 0.25) is 5.95 Å². The molecule has 334 valence electrons. The van der Waals surface area contributed by atoms with Crippen molar-refractivity contribution in [3.05, 3.63) is 248 Å². The van der Waals surface area contributed by atoms with E-state index in [1.54, 1.807) is 0 Å². The lowest BCUT2D eigenvalue weighted by molar-refractivity contribution is 0.630. The summed E-state index contributed by atoms with van der Waals surface area (Å²) in [5.74, 6) is 1.79. The number of aromatic nitrogens is 5. The molecule has 0 aliphatic carbocycles. The Morgan fingerprint density at radius 1 is 0.296 bits per heavy atom. The number of fused-ring (bicyclic) bond motifs is 8. The quantitative estimate of drug-likeness (QED) is 0.160. The molecule has 71 heavy (non-hydrogen) atoms. The third-order valence-corrected chi connectivity index (χ3v) is 14.8. The number of rotatable bonds is 7. The van der Waals surface area contributed by atoms with E-state index >= 15 is 0 Å². The Hall–Kier alpha value is -9.19. The highest BCUT2D eigenvalue weighted by molar-refractivity contribution is 6.14. The highest BCUT2D eigenvalue weighted by Gasteiger charge is 2.36. The lowest BCUT2D eigenvalue weighted by Gasteiger charge is -2.35. The third kappa shape index (κ3) is 6.58. The molecule has 0 saturated carbocycles. The first-order valence-electron chi connectivity index (χ1n) is 24.3. The van der Waals surface area contributed by atoms with E-state index in [1.165, 1.54) is 66.6 Å². The molecule has 0 spiro atoms. The normalized spacial score (nSPS) is 12.8. The van der Waals surface area contributed by atoms with Gasteiger partial charge in [0.15, 0.2) is 11.6 Å². The molecular formula is C66H45N5. The molecule has 1 aliphatic heterocycles. The van der Waals surface area contributed by atoms with Gasteiger partial charge >= 0.3 is 0 Å². The van der Waals surface area contributed by atoms with Crippen molar-refractivity contribution in [1.29, 1.82) is 0 Å². The van der Waals surface area contributed by atoms with Gasteiger partial charge in [-0.15, -0.1) is 0 Å². The van der Waals surface area contributed by atoms with Gasteiger partial charge in [-0.05, 0) is 116 Å². The standard InChI is InChI=1S/C66H45N5/c1-66(2)56-40-50(45-24-14-6-15-25-45)31-35-61(56)70-58-32-28-49(44-22-12-5-13-23-44)38-54(58)55-39-51(41-57(66)62(55)70)64-67-63(46-26-16-7-17-27-46)68-65(69-64)71-59-33-29-47(42-18-8-3-9-19-42)36-52(59)53-37-48(30-34-60(53)71)43-20-10-4-11-21-43/h3-41H,1-2H3. The maximum Gasteiger partial charge on any atom is 0.238 e. The van der Waals surface area contributed by atoms with Crippen molar-refractivity contribution in [3.63, 3.8) is 0 Å². The van der Waals surface area contributed by atoms with Crippen molar-refractivity contribution in [2.75, 3.05) is 0 Å². The average molecular weight is 908 g/mol. The summed E-state index contributed by atoms with van der Waals surface area (Å²) < 4.78 is 4.73. The van der Waals surface area contributed by atoms with Gasteiger partial charge in [-0.25, -0.2) is 4.98 Å². The molecule has 0 fully saturated rings. The second-order valence-electron chi connectivity index (χ2n) is 19.3. The van der Waals surface area contributed by atoms with Crippen LogP contribution in [0.25, 0.3) is 123 Å². The molecule has 0 saturated heterocycles. The molecule has 0 bridgehead atoms. The van der Waals surface area contributed by atoms with E-state index in [-0.39, 0.29) is 5.41 Å². The minimum atomic E-state index is -0.390. The summed E-state index contributed by atoms with van der Waals surface area (Å²) in [4.78, 5) is 16.4.